The standard InChI is InChI=1S/C18H18ClN3O3S/c1-13-3-6-15(11-17(13)19)21-18(23)9-10-22(26(2,24)25)16-7-4-14(12-20)5-8-16/h3-8,11H,9-10H2,1-2H3,(H,21,23). The van der Waals surface area contributed by atoms with Crippen LogP contribution in [0.15, 0.2) is 42.5 Å². The minimum absolute atomic E-state index is 0.0177. The van der Waals surface area contributed by atoms with Gasteiger partial charge in [-0.25, -0.2) is 8.42 Å². The number of nitriles is 1. The number of benzene rings is 2. The molecule has 0 aliphatic carbocycles. The van der Waals surface area contributed by atoms with Gasteiger partial charge in [0.2, 0.25) is 15.9 Å². The first kappa shape index (κ1) is 19.8. The van der Waals surface area contributed by atoms with E-state index < -0.39 is 10.0 Å². The highest BCUT2D eigenvalue weighted by Crippen LogP contribution is 2.21. The summed E-state index contributed by atoms with van der Waals surface area (Å²) in [6.07, 6.45) is 1.04. The molecule has 2 rings (SSSR count). The Labute approximate surface area is 158 Å². The zero-order valence-electron chi connectivity index (χ0n) is 14.4. The fourth-order valence-electron chi connectivity index (χ4n) is 2.29. The fraction of sp³-hybridized carbons (Fsp3) is 0.222. The number of carbonyl (C=O) groups is 1. The number of aryl methyl sites for hydroxylation is 1. The summed E-state index contributed by atoms with van der Waals surface area (Å²) < 4.78 is 25.2. The lowest BCUT2D eigenvalue weighted by Crippen LogP contribution is -2.33. The molecule has 0 aromatic heterocycles. The molecule has 6 nitrogen and oxygen atoms in total. The molecule has 0 heterocycles. The monoisotopic (exact) mass is 391 g/mol. The minimum atomic E-state index is -3.57. The van der Waals surface area contributed by atoms with Crippen molar-refractivity contribution in [2.45, 2.75) is 13.3 Å². The van der Waals surface area contributed by atoms with Crippen LogP contribution in [-0.2, 0) is 14.8 Å². The van der Waals surface area contributed by atoms with Crippen molar-refractivity contribution in [1.82, 2.24) is 0 Å². The van der Waals surface area contributed by atoms with Crippen LogP contribution in [0.5, 0.6) is 0 Å². The average Bonchev–Trinajstić information content (AvgIpc) is 2.58. The normalized spacial score (nSPS) is 10.8. The van der Waals surface area contributed by atoms with Crippen molar-refractivity contribution in [3.8, 4) is 6.07 Å². The molecule has 0 bridgehead atoms. The summed E-state index contributed by atoms with van der Waals surface area (Å²) in [6, 6.07) is 13.3. The van der Waals surface area contributed by atoms with Crippen LogP contribution in [0.2, 0.25) is 5.02 Å². The van der Waals surface area contributed by atoms with Gasteiger partial charge in [0.1, 0.15) is 0 Å². The Bertz CT molecular complexity index is 951. The Kier molecular flexibility index (Phi) is 6.24. The predicted octanol–water partition coefficient (Wildman–Crippen LogP) is 3.31. The summed E-state index contributed by atoms with van der Waals surface area (Å²) in [6.45, 7) is 1.84. The molecule has 0 aliphatic heterocycles. The molecule has 0 radical (unpaired) electrons. The van der Waals surface area contributed by atoms with Crippen LogP contribution < -0.4 is 9.62 Å². The number of hydrogen-bond acceptors (Lipinski definition) is 4. The second-order valence-corrected chi connectivity index (χ2v) is 8.07. The maximum atomic E-state index is 12.2. The third kappa shape index (κ3) is 5.22. The predicted molar refractivity (Wildman–Crippen MR) is 103 cm³/mol. The third-order valence-electron chi connectivity index (χ3n) is 3.68. The van der Waals surface area contributed by atoms with Gasteiger partial charge in [0.05, 0.1) is 23.6 Å². The molecule has 0 atom stereocenters. The number of nitrogens with zero attached hydrogens (tertiary/aromatic N) is 2. The molecule has 26 heavy (non-hydrogen) atoms. The maximum absolute atomic E-state index is 12.2. The number of amides is 1. The molecular weight excluding hydrogens is 374 g/mol. The van der Waals surface area contributed by atoms with Crippen molar-refractivity contribution in [3.05, 3.63) is 58.6 Å². The molecule has 0 aliphatic rings. The van der Waals surface area contributed by atoms with Gasteiger partial charge in [0, 0.05) is 23.7 Å². The number of rotatable bonds is 6. The van der Waals surface area contributed by atoms with Crippen LogP contribution in [0.4, 0.5) is 11.4 Å². The molecule has 2 aromatic rings. The number of nitrogens with one attached hydrogen (secondary N) is 1. The number of carbonyl (C=O) groups excluding carboxylic acids is 1. The summed E-state index contributed by atoms with van der Waals surface area (Å²) >= 11 is 6.03. The van der Waals surface area contributed by atoms with Gasteiger partial charge in [-0.15, -0.1) is 0 Å². The molecular formula is C18H18ClN3O3S. The zero-order chi connectivity index (χ0) is 19.3. The van der Waals surface area contributed by atoms with Crippen LogP contribution in [0.1, 0.15) is 17.5 Å². The minimum Gasteiger partial charge on any atom is -0.326 e. The van der Waals surface area contributed by atoms with E-state index in [-0.39, 0.29) is 18.9 Å². The lowest BCUT2D eigenvalue weighted by Gasteiger charge is -2.22. The average molecular weight is 392 g/mol. The second kappa shape index (κ2) is 8.21. The number of halogens is 1. The first-order valence-corrected chi connectivity index (χ1v) is 9.97. The van der Waals surface area contributed by atoms with Crippen molar-refractivity contribution in [2.75, 3.05) is 22.4 Å². The van der Waals surface area contributed by atoms with Crippen LogP contribution in [0, 0.1) is 18.3 Å². The Morgan fingerprint density at radius 2 is 1.88 bits per heavy atom. The highest BCUT2D eigenvalue weighted by molar-refractivity contribution is 7.92. The number of anilines is 2. The van der Waals surface area contributed by atoms with E-state index in [1.54, 1.807) is 18.2 Å². The molecule has 8 heteroatoms. The zero-order valence-corrected chi connectivity index (χ0v) is 15.9. The molecule has 2 aromatic carbocycles. The first-order chi connectivity index (χ1) is 12.2. The van der Waals surface area contributed by atoms with Gasteiger partial charge in [-0.05, 0) is 48.9 Å². The Balaban J connectivity index is 2.08. The quantitative estimate of drug-likeness (QED) is 0.817. The summed E-state index contributed by atoms with van der Waals surface area (Å²) in [7, 11) is -3.57. The van der Waals surface area contributed by atoms with Crippen LogP contribution in [0.3, 0.4) is 0 Å². The van der Waals surface area contributed by atoms with E-state index in [9.17, 15) is 13.2 Å². The van der Waals surface area contributed by atoms with Gasteiger partial charge in [-0.2, -0.15) is 5.26 Å². The Morgan fingerprint density at radius 3 is 2.42 bits per heavy atom. The van der Waals surface area contributed by atoms with Gasteiger partial charge in [-0.3, -0.25) is 9.10 Å². The van der Waals surface area contributed by atoms with E-state index in [1.807, 2.05) is 13.0 Å². The molecule has 0 saturated heterocycles. The van der Waals surface area contributed by atoms with Crippen LogP contribution in [-0.4, -0.2) is 27.1 Å². The maximum Gasteiger partial charge on any atom is 0.232 e. The lowest BCUT2D eigenvalue weighted by molar-refractivity contribution is -0.116. The van der Waals surface area contributed by atoms with Crippen molar-refractivity contribution in [2.24, 2.45) is 0 Å². The molecule has 0 fully saturated rings. The van der Waals surface area contributed by atoms with E-state index in [2.05, 4.69) is 5.32 Å². The van der Waals surface area contributed by atoms with Gasteiger partial charge in [-0.1, -0.05) is 17.7 Å². The number of hydrogen-bond donors (Lipinski definition) is 1. The topological polar surface area (TPSA) is 90.3 Å². The molecule has 0 unspecified atom stereocenters. The van der Waals surface area contributed by atoms with Gasteiger partial charge in [0.15, 0.2) is 0 Å². The molecule has 0 spiro atoms. The largest absolute Gasteiger partial charge is 0.326 e. The van der Waals surface area contributed by atoms with Crippen molar-refractivity contribution < 1.29 is 13.2 Å². The molecule has 1 amide bonds. The Morgan fingerprint density at radius 1 is 1.23 bits per heavy atom. The van der Waals surface area contributed by atoms with Crippen LogP contribution >= 0.6 is 11.6 Å². The van der Waals surface area contributed by atoms with Crippen molar-refractivity contribution >= 4 is 38.9 Å². The van der Waals surface area contributed by atoms with Crippen LogP contribution in [0.25, 0.3) is 0 Å². The summed E-state index contributed by atoms with van der Waals surface area (Å²) in [4.78, 5) is 12.2. The smallest absolute Gasteiger partial charge is 0.232 e. The highest BCUT2D eigenvalue weighted by Gasteiger charge is 2.18. The third-order valence-corrected chi connectivity index (χ3v) is 5.28. The highest BCUT2D eigenvalue weighted by atomic mass is 35.5. The van der Waals surface area contributed by atoms with Crippen molar-refractivity contribution in [1.29, 1.82) is 5.26 Å². The summed E-state index contributed by atoms with van der Waals surface area (Å²) in [5, 5.41) is 12.1. The summed E-state index contributed by atoms with van der Waals surface area (Å²) in [5.74, 6) is -0.327. The van der Waals surface area contributed by atoms with E-state index in [4.69, 9.17) is 16.9 Å². The van der Waals surface area contributed by atoms with Crippen molar-refractivity contribution in [3.63, 3.8) is 0 Å². The molecule has 136 valence electrons. The van der Waals surface area contributed by atoms with Gasteiger partial charge in [0.25, 0.3) is 0 Å². The lowest BCUT2D eigenvalue weighted by atomic mass is 10.2. The Hall–Kier alpha value is -2.56. The summed E-state index contributed by atoms with van der Waals surface area (Å²) in [5.41, 5.74) is 2.28. The second-order valence-electron chi connectivity index (χ2n) is 5.76. The fourth-order valence-corrected chi connectivity index (χ4v) is 3.39. The van der Waals surface area contributed by atoms with E-state index in [0.717, 1.165) is 16.1 Å². The van der Waals surface area contributed by atoms with Gasteiger partial charge < -0.3 is 5.32 Å². The SMILES string of the molecule is Cc1ccc(NC(=O)CCN(c2ccc(C#N)cc2)S(C)(=O)=O)cc1Cl. The first-order valence-electron chi connectivity index (χ1n) is 7.74. The molecule has 1 N–H and O–H groups in total. The van der Waals surface area contributed by atoms with E-state index >= 15 is 0 Å². The van der Waals surface area contributed by atoms with E-state index in [1.165, 1.54) is 24.3 Å². The van der Waals surface area contributed by atoms with E-state index in [0.29, 0.717) is 22.0 Å². The number of sulfonamides is 1. The van der Waals surface area contributed by atoms with Gasteiger partial charge >= 0.3 is 0 Å². The molecule has 0 saturated carbocycles.